The van der Waals surface area contributed by atoms with Crippen molar-refractivity contribution < 1.29 is 4.79 Å². The van der Waals surface area contributed by atoms with Gasteiger partial charge in [-0.3, -0.25) is 4.79 Å². The normalized spacial score (nSPS) is 19.1. The third-order valence-corrected chi connectivity index (χ3v) is 6.06. The van der Waals surface area contributed by atoms with Crippen molar-refractivity contribution in [3.8, 4) is 0 Å². The molecule has 112 valence electrons. The van der Waals surface area contributed by atoms with Crippen molar-refractivity contribution in [2.75, 3.05) is 43.1 Å². The highest BCUT2D eigenvalue weighted by Crippen LogP contribution is 2.30. The number of carbonyl (C=O) groups is 1. The van der Waals surface area contributed by atoms with Crippen molar-refractivity contribution in [1.29, 1.82) is 0 Å². The van der Waals surface area contributed by atoms with Crippen LogP contribution < -0.4 is 10.6 Å². The highest BCUT2D eigenvalue weighted by Gasteiger charge is 2.27. The lowest BCUT2D eigenvalue weighted by Crippen LogP contribution is -2.41. The molecule has 1 atom stereocenters. The summed E-state index contributed by atoms with van der Waals surface area (Å²) in [7, 11) is 1.96. The standard InChI is InChI=1S/C13H22N4OS2/c1-4-9-8-17(6-7-19-9)12(18)10-11(14)15-13(20-10)16(3)5-2/h9H,4-8,14H2,1-3H3. The zero-order valence-electron chi connectivity index (χ0n) is 12.3. The Bertz CT molecular complexity index is 477. The number of thiazole rings is 1. The number of carbonyl (C=O) groups excluding carboxylic acids is 1. The minimum absolute atomic E-state index is 0.0366. The number of nitrogens with two attached hydrogens (primary N) is 1. The maximum absolute atomic E-state index is 12.6. The molecule has 1 aromatic rings. The van der Waals surface area contributed by atoms with Crippen LogP contribution >= 0.6 is 23.1 Å². The third kappa shape index (κ3) is 3.20. The molecule has 1 aliphatic rings. The lowest BCUT2D eigenvalue weighted by molar-refractivity contribution is 0.0766. The van der Waals surface area contributed by atoms with E-state index in [4.69, 9.17) is 5.73 Å². The molecule has 7 heteroatoms. The Morgan fingerprint density at radius 1 is 1.55 bits per heavy atom. The molecule has 1 unspecified atom stereocenters. The summed E-state index contributed by atoms with van der Waals surface area (Å²) >= 11 is 3.35. The molecule has 1 saturated heterocycles. The highest BCUT2D eigenvalue weighted by atomic mass is 32.2. The van der Waals surface area contributed by atoms with Crippen LogP contribution in [0.5, 0.6) is 0 Å². The van der Waals surface area contributed by atoms with E-state index >= 15 is 0 Å². The summed E-state index contributed by atoms with van der Waals surface area (Å²) in [6.07, 6.45) is 1.09. The van der Waals surface area contributed by atoms with Gasteiger partial charge in [-0.1, -0.05) is 18.3 Å². The van der Waals surface area contributed by atoms with E-state index < -0.39 is 0 Å². The predicted octanol–water partition coefficient (Wildman–Crippen LogP) is 2.15. The van der Waals surface area contributed by atoms with E-state index in [9.17, 15) is 4.79 Å². The van der Waals surface area contributed by atoms with Gasteiger partial charge < -0.3 is 15.5 Å². The molecule has 20 heavy (non-hydrogen) atoms. The largest absolute Gasteiger partial charge is 0.382 e. The fourth-order valence-electron chi connectivity index (χ4n) is 2.07. The van der Waals surface area contributed by atoms with Crippen molar-refractivity contribution >= 4 is 40.0 Å². The molecule has 0 radical (unpaired) electrons. The zero-order valence-corrected chi connectivity index (χ0v) is 13.9. The van der Waals surface area contributed by atoms with Gasteiger partial charge in [0.2, 0.25) is 0 Å². The number of rotatable bonds is 4. The van der Waals surface area contributed by atoms with E-state index in [2.05, 4.69) is 11.9 Å². The number of nitrogen functional groups attached to an aromatic ring is 1. The first-order valence-electron chi connectivity index (χ1n) is 6.95. The first kappa shape index (κ1) is 15.4. The molecule has 1 aliphatic heterocycles. The van der Waals surface area contributed by atoms with Gasteiger partial charge in [0.25, 0.3) is 5.91 Å². The first-order chi connectivity index (χ1) is 9.56. The van der Waals surface area contributed by atoms with Crippen LogP contribution in [-0.4, -0.2) is 53.5 Å². The zero-order chi connectivity index (χ0) is 14.7. The Hall–Kier alpha value is -0.950. The Kier molecular flexibility index (Phi) is 5.15. The average molecular weight is 314 g/mol. The fraction of sp³-hybridized carbons (Fsp3) is 0.692. The van der Waals surface area contributed by atoms with Crippen molar-refractivity contribution in [2.45, 2.75) is 25.5 Å². The molecule has 0 spiro atoms. The number of hydrogen-bond acceptors (Lipinski definition) is 6. The van der Waals surface area contributed by atoms with Gasteiger partial charge in [-0.2, -0.15) is 11.8 Å². The Balaban J connectivity index is 2.14. The number of hydrogen-bond donors (Lipinski definition) is 1. The molecule has 2 rings (SSSR count). The average Bonchev–Trinajstić information content (AvgIpc) is 2.87. The molecule has 0 aliphatic carbocycles. The van der Waals surface area contributed by atoms with E-state index in [0.717, 1.165) is 36.9 Å². The summed E-state index contributed by atoms with van der Waals surface area (Å²) in [5.41, 5.74) is 5.93. The van der Waals surface area contributed by atoms with E-state index in [0.29, 0.717) is 15.9 Å². The van der Waals surface area contributed by atoms with Crippen molar-refractivity contribution in [2.24, 2.45) is 0 Å². The lowest BCUT2D eigenvalue weighted by Gasteiger charge is -2.31. The quantitative estimate of drug-likeness (QED) is 0.922. The molecule has 1 aromatic heterocycles. The van der Waals surface area contributed by atoms with E-state index in [-0.39, 0.29) is 5.91 Å². The molecule has 1 fully saturated rings. The second kappa shape index (κ2) is 6.67. The van der Waals surface area contributed by atoms with Gasteiger partial charge in [-0.25, -0.2) is 4.98 Å². The molecular weight excluding hydrogens is 292 g/mol. The van der Waals surface area contributed by atoms with Crippen LogP contribution in [0.3, 0.4) is 0 Å². The first-order valence-corrected chi connectivity index (χ1v) is 8.81. The van der Waals surface area contributed by atoms with Crippen LogP contribution in [0.4, 0.5) is 10.9 Å². The van der Waals surface area contributed by atoms with Crippen molar-refractivity contribution in [3.63, 3.8) is 0 Å². The Morgan fingerprint density at radius 3 is 2.95 bits per heavy atom. The summed E-state index contributed by atoms with van der Waals surface area (Å²) in [6.45, 7) is 6.68. The van der Waals surface area contributed by atoms with Gasteiger partial charge in [0.05, 0.1) is 0 Å². The second-order valence-corrected chi connectivity index (χ2v) is 7.26. The van der Waals surface area contributed by atoms with Gasteiger partial charge in [0.15, 0.2) is 5.13 Å². The monoisotopic (exact) mass is 314 g/mol. The van der Waals surface area contributed by atoms with Crippen LogP contribution in [0.1, 0.15) is 29.9 Å². The number of aromatic nitrogens is 1. The smallest absolute Gasteiger partial charge is 0.267 e. The molecule has 1 amide bonds. The van der Waals surface area contributed by atoms with Gasteiger partial charge in [-0.05, 0) is 13.3 Å². The number of thioether (sulfide) groups is 1. The molecule has 0 bridgehead atoms. The summed E-state index contributed by atoms with van der Waals surface area (Å²) in [6, 6.07) is 0. The van der Waals surface area contributed by atoms with Crippen molar-refractivity contribution in [3.05, 3.63) is 4.88 Å². The summed E-state index contributed by atoms with van der Waals surface area (Å²) < 4.78 is 0. The van der Waals surface area contributed by atoms with E-state index in [1.807, 2.05) is 35.5 Å². The molecular formula is C13H22N4OS2. The number of nitrogens with zero attached hydrogens (tertiary/aromatic N) is 3. The summed E-state index contributed by atoms with van der Waals surface area (Å²) in [4.78, 5) is 21.4. The van der Waals surface area contributed by atoms with Crippen LogP contribution in [0.15, 0.2) is 0 Å². The number of amides is 1. The molecule has 2 N–H and O–H groups in total. The van der Waals surface area contributed by atoms with Crippen LogP contribution in [0.25, 0.3) is 0 Å². The molecule has 2 heterocycles. The SMILES string of the molecule is CCC1CN(C(=O)c2sc(N(C)CC)nc2N)CCS1. The maximum Gasteiger partial charge on any atom is 0.267 e. The van der Waals surface area contributed by atoms with E-state index in [1.54, 1.807) is 0 Å². The minimum atomic E-state index is 0.0366. The van der Waals surface area contributed by atoms with Crippen LogP contribution in [0.2, 0.25) is 0 Å². The molecule has 5 nitrogen and oxygen atoms in total. The number of anilines is 2. The fourth-order valence-corrected chi connectivity index (χ4v) is 4.22. The summed E-state index contributed by atoms with van der Waals surface area (Å²) in [5.74, 6) is 1.40. The second-order valence-electron chi connectivity index (χ2n) is 4.88. The van der Waals surface area contributed by atoms with Crippen LogP contribution in [-0.2, 0) is 0 Å². The molecule has 0 saturated carbocycles. The minimum Gasteiger partial charge on any atom is -0.382 e. The van der Waals surface area contributed by atoms with Gasteiger partial charge >= 0.3 is 0 Å². The van der Waals surface area contributed by atoms with Crippen molar-refractivity contribution in [1.82, 2.24) is 9.88 Å². The third-order valence-electron chi connectivity index (χ3n) is 3.52. The lowest BCUT2D eigenvalue weighted by atomic mass is 10.3. The van der Waals surface area contributed by atoms with Crippen LogP contribution in [0, 0.1) is 0 Å². The van der Waals surface area contributed by atoms with Gasteiger partial charge in [0.1, 0.15) is 10.7 Å². The van der Waals surface area contributed by atoms with Gasteiger partial charge in [0, 0.05) is 37.7 Å². The van der Waals surface area contributed by atoms with E-state index in [1.165, 1.54) is 11.3 Å². The van der Waals surface area contributed by atoms with Gasteiger partial charge in [-0.15, -0.1) is 0 Å². The molecule has 0 aromatic carbocycles. The maximum atomic E-state index is 12.6. The highest BCUT2D eigenvalue weighted by molar-refractivity contribution is 8.00. The Labute approximate surface area is 128 Å². The predicted molar refractivity (Wildman–Crippen MR) is 87.9 cm³/mol. The topological polar surface area (TPSA) is 62.5 Å². The Morgan fingerprint density at radius 2 is 2.30 bits per heavy atom. The summed E-state index contributed by atoms with van der Waals surface area (Å²) in [5, 5.41) is 1.35.